The van der Waals surface area contributed by atoms with Crippen LogP contribution in [0.15, 0.2) is 24.4 Å². The van der Waals surface area contributed by atoms with E-state index in [-0.39, 0.29) is 12.0 Å². The molecule has 0 aliphatic carbocycles. The molecular weight excluding hydrogens is 304 g/mol. The van der Waals surface area contributed by atoms with Crippen LogP contribution in [0.4, 0.5) is 0 Å². The zero-order chi connectivity index (χ0) is 17.1. The highest BCUT2D eigenvalue weighted by Gasteiger charge is 2.27. The highest BCUT2D eigenvalue weighted by Crippen LogP contribution is 2.19. The molecule has 2 aromatic rings. The van der Waals surface area contributed by atoms with Crippen LogP contribution in [0.3, 0.4) is 0 Å². The number of nitrogens with zero attached hydrogens (tertiary/aromatic N) is 4. The van der Waals surface area contributed by atoms with Gasteiger partial charge < -0.3 is 9.64 Å². The van der Waals surface area contributed by atoms with E-state index < -0.39 is 0 Å². The minimum absolute atomic E-state index is 0.0175. The van der Waals surface area contributed by atoms with Gasteiger partial charge in [-0.15, -0.1) is 0 Å². The van der Waals surface area contributed by atoms with Gasteiger partial charge in [-0.05, 0) is 45.7 Å². The Morgan fingerprint density at radius 1 is 1.29 bits per heavy atom. The number of pyridine rings is 1. The molecule has 0 saturated carbocycles. The number of aromatic nitrogens is 3. The van der Waals surface area contributed by atoms with E-state index in [0.29, 0.717) is 23.8 Å². The average molecular weight is 326 g/mol. The zero-order valence-corrected chi connectivity index (χ0v) is 14.3. The lowest BCUT2D eigenvalue weighted by molar-refractivity contribution is 0.0525. The minimum atomic E-state index is -0.0478. The molecule has 3 heterocycles. The molecule has 1 aliphatic heterocycles. The van der Waals surface area contributed by atoms with Crippen molar-refractivity contribution in [2.45, 2.75) is 39.7 Å². The molecule has 0 aromatic carbocycles. The second kappa shape index (κ2) is 6.95. The van der Waals surface area contributed by atoms with E-state index in [1.165, 1.54) is 0 Å². The largest absolute Gasteiger partial charge is 0.472 e. The molecule has 0 spiro atoms. The van der Waals surface area contributed by atoms with E-state index >= 15 is 0 Å². The molecule has 0 N–H and O–H groups in total. The fourth-order valence-corrected chi connectivity index (χ4v) is 3.01. The van der Waals surface area contributed by atoms with Crippen molar-refractivity contribution in [1.82, 2.24) is 19.9 Å². The Bertz CT molecular complexity index is 727. The Hall–Kier alpha value is -2.50. The first-order valence-corrected chi connectivity index (χ1v) is 8.23. The molecule has 3 rings (SSSR count). The molecule has 1 saturated heterocycles. The number of likely N-dealkylation sites (tertiary alicyclic amines) is 1. The second-order valence-electron chi connectivity index (χ2n) is 6.16. The van der Waals surface area contributed by atoms with E-state index in [0.717, 1.165) is 30.8 Å². The molecule has 1 unspecified atom stereocenters. The SMILES string of the molecule is Cc1cc(OC2CCCN(C(=O)c3cccnc3C)C2)nc(C)n1. The summed E-state index contributed by atoms with van der Waals surface area (Å²) >= 11 is 0. The Morgan fingerprint density at radius 2 is 2.12 bits per heavy atom. The van der Waals surface area contributed by atoms with Gasteiger partial charge in [-0.1, -0.05) is 0 Å². The molecule has 0 bridgehead atoms. The number of carbonyl (C=O) groups excluding carboxylic acids is 1. The number of ether oxygens (including phenoxy) is 1. The predicted molar refractivity (Wildman–Crippen MR) is 90.0 cm³/mol. The molecule has 6 heteroatoms. The Balaban J connectivity index is 1.70. The van der Waals surface area contributed by atoms with Crippen molar-refractivity contribution >= 4 is 5.91 Å². The third-order valence-corrected chi connectivity index (χ3v) is 4.13. The number of aryl methyl sites for hydroxylation is 3. The molecule has 1 aliphatic rings. The Morgan fingerprint density at radius 3 is 2.88 bits per heavy atom. The molecule has 6 nitrogen and oxygen atoms in total. The molecule has 1 amide bonds. The van der Waals surface area contributed by atoms with Gasteiger partial charge >= 0.3 is 0 Å². The van der Waals surface area contributed by atoms with Crippen LogP contribution in [0.5, 0.6) is 5.88 Å². The molecule has 0 radical (unpaired) electrons. The van der Waals surface area contributed by atoms with Crippen molar-refractivity contribution < 1.29 is 9.53 Å². The number of piperidine rings is 1. The minimum Gasteiger partial charge on any atom is -0.472 e. The third-order valence-electron chi connectivity index (χ3n) is 4.13. The Labute approximate surface area is 141 Å². The van der Waals surface area contributed by atoms with Gasteiger partial charge in [-0.2, -0.15) is 4.98 Å². The summed E-state index contributed by atoms with van der Waals surface area (Å²) in [4.78, 5) is 27.4. The smallest absolute Gasteiger partial charge is 0.255 e. The zero-order valence-electron chi connectivity index (χ0n) is 14.3. The van der Waals surface area contributed by atoms with Crippen molar-refractivity contribution in [2.75, 3.05) is 13.1 Å². The first-order valence-electron chi connectivity index (χ1n) is 8.23. The number of hydrogen-bond donors (Lipinski definition) is 0. The van der Waals surface area contributed by atoms with Crippen LogP contribution in [0.1, 0.15) is 40.4 Å². The van der Waals surface area contributed by atoms with Crippen molar-refractivity contribution in [3.8, 4) is 5.88 Å². The molecule has 1 atom stereocenters. The molecule has 2 aromatic heterocycles. The Kier molecular flexibility index (Phi) is 4.74. The fourth-order valence-electron chi connectivity index (χ4n) is 3.01. The van der Waals surface area contributed by atoms with Crippen LogP contribution in [-0.2, 0) is 0 Å². The van der Waals surface area contributed by atoms with Gasteiger partial charge in [0.15, 0.2) is 0 Å². The summed E-state index contributed by atoms with van der Waals surface area (Å²) < 4.78 is 6.00. The lowest BCUT2D eigenvalue weighted by Gasteiger charge is -2.33. The monoisotopic (exact) mass is 326 g/mol. The van der Waals surface area contributed by atoms with Crippen LogP contribution in [0.25, 0.3) is 0 Å². The van der Waals surface area contributed by atoms with E-state index in [9.17, 15) is 4.79 Å². The van der Waals surface area contributed by atoms with Crippen LogP contribution in [-0.4, -0.2) is 45.0 Å². The van der Waals surface area contributed by atoms with E-state index in [1.807, 2.05) is 37.8 Å². The third kappa shape index (κ3) is 3.69. The average Bonchev–Trinajstić information content (AvgIpc) is 2.54. The van der Waals surface area contributed by atoms with Gasteiger partial charge in [0.2, 0.25) is 5.88 Å². The van der Waals surface area contributed by atoms with Crippen molar-refractivity contribution in [3.63, 3.8) is 0 Å². The molecule has 24 heavy (non-hydrogen) atoms. The summed E-state index contributed by atoms with van der Waals surface area (Å²) in [6.07, 6.45) is 3.48. The van der Waals surface area contributed by atoms with Crippen molar-refractivity contribution in [3.05, 3.63) is 47.2 Å². The summed E-state index contributed by atoms with van der Waals surface area (Å²) in [5, 5.41) is 0. The number of rotatable bonds is 3. The van der Waals surface area contributed by atoms with Crippen LogP contribution in [0.2, 0.25) is 0 Å². The van der Waals surface area contributed by atoms with Gasteiger partial charge in [0.25, 0.3) is 5.91 Å². The summed E-state index contributed by atoms with van der Waals surface area (Å²) in [6.45, 7) is 6.94. The van der Waals surface area contributed by atoms with E-state index in [1.54, 1.807) is 12.3 Å². The fraction of sp³-hybridized carbons (Fsp3) is 0.444. The standard InChI is InChI=1S/C18H22N4O2/c1-12-10-17(21-14(3)20-12)24-15-6-5-9-22(11-15)18(23)16-7-4-8-19-13(16)2/h4,7-8,10,15H,5-6,9,11H2,1-3H3. The second-order valence-corrected chi connectivity index (χ2v) is 6.16. The summed E-state index contributed by atoms with van der Waals surface area (Å²) in [6, 6.07) is 5.45. The van der Waals surface area contributed by atoms with Crippen LogP contribution >= 0.6 is 0 Å². The highest BCUT2D eigenvalue weighted by molar-refractivity contribution is 5.95. The lowest BCUT2D eigenvalue weighted by atomic mass is 10.1. The van der Waals surface area contributed by atoms with Gasteiger partial charge in [-0.3, -0.25) is 9.78 Å². The summed E-state index contributed by atoms with van der Waals surface area (Å²) in [5.41, 5.74) is 2.30. The lowest BCUT2D eigenvalue weighted by Crippen LogP contribution is -2.44. The number of hydrogen-bond acceptors (Lipinski definition) is 5. The normalized spacial score (nSPS) is 17.6. The first kappa shape index (κ1) is 16.4. The quantitative estimate of drug-likeness (QED) is 0.867. The van der Waals surface area contributed by atoms with Crippen LogP contribution in [0, 0.1) is 20.8 Å². The molecule has 1 fully saturated rings. The van der Waals surface area contributed by atoms with Crippen molar-refractivity contribution in [2.24, 2.45) is 0 Å². The maximum absolute atomic E-state index is 12.7. The molecule has 126 valence electrons. The summed E-state index contributed by atoms with van der Waals surface area (Å²) in [5.74, 6) is 1.29. The number of amides is 1. The van der Waals surface area contributed by atoms with Gasteiger partial charge in [0, 0.05) is 30.2 Å². The highest BCUT2D eigenvalue weighted by atomic mass is 16.5. The topological polar surface area (TPSA) is 68.2 Å². The molecular formula is C18H22N4O2. The van der Waals surface area contributed by atoms with E-state index in [4.69, 9.17) is 4.74 Å². The van der Waals surface area contributed by atoms with E-state index in [2.05, 4.69) is 15.0 Å². The maximum atomic E-state index is 12.7. The van der Waals surface area contributed by atoms with Gasteiger partial charge in [0.1, 0.15) is 11.9 Å². The van der Waals surface area contributed by atoms with Crippen molar-refractivity contribution in [1.29, 1.82) is 0 Å². The first-order chi connectivity index (χ1) is 11.5. The van der Waals surface area contributed by atoms with Gasteiger partial charge in [0.05, 0.1) is 12.1 Å². The van der Waals surface area contributed by atoms with Gasteiger partial charge in [-0.25, -0.2) is 4.98 Å². The summed E-state index contributed by atoms with van der Waals surface area (Å²) in [7, 11) is 0. The predicted octanol–water partition coefficient (Wildman–Crippen LogP) is 2.48. The van der Waals surface area contributed by atoms with Crippen LogP contribution < -0.4 is 4.74 Å². The maximum Gasteiger partial charge on any atom is 0.255 e. The number of carbonyl (C=O) groups is 1.